The highest BCUT2D eigenvalue weighted by atomic mass is 16.6. The third kappa shape index (κ3) is 2.29. The molecule has 0 aliphatic heterocycles. The van der Waals surface area contributed by atoms with Gasteiger partial charge in [0.1, 0.15) is 0 Å². The van der Waals surface area contributed by atoms with Crippen molar-refractivity contribution in [1.82, 2.24) is 4.98 Å². The van der Waals surface area contributed by atoms with Crippen LogP contribution in [0.4, 0.5) is 5.82 Å². The normalized spacial score (nSPS) is 15.2. The van der Waals surface area contributed by atoms with E-state index in [4.69, 9.17) is 4.74 Å². The summed E-state index contributed by atoms with van der Waals surface area (Å²) in [6, 6.07) is 3.04. The first-order valence-electron chi connectivity index (χ1n) is 5.40. The predicted molar refractivity (Wildman–Crippen MR) is 58.6 cm³/mol. The molecule has 1 aromatic rings. The lowest BCUT2D eigenvalue weighted by molar-refractivity contribution is -0.389. The summed E-state index contributed by atoms with van der Waals surface area (Å²) in [6.45, 7) is 3.90. The van der Waals surface area contributed by atoms with Gasteiger partial charge in [0.05, 0.1) is 6.10 Å². The smallest absolute Gasteiger partial charge is 0.363 e. The number of aromatic nitrogens is 1. The van der Waals surface area contributed by atoms with Crippen molar-refractivity contribution < 1.29 is 9.66 Å². The van der Waals surface area contributed by atoms with Crippen LogP contribution >= 0.6 is 0 Å². The summed E-state index contributed by atoms with van der Waals surface area (Å²) in [7, 11) is 0. The van der Waals surface area contributed by atoms with E-state index in [1.165, 1.54) is 6.07 Å². The van der Waals surface area contributed by atoms with Gasteiger partial charge in [0.25, 0.3) is 0 Å². The fourth-order valence-electron chi connectivity index (χ4n) is 1.43. The first kappa shape index (κ1) is 10.9. The molecule has 16 heavy (non-hydrogen) atoms. The lowest BCUT2D eigenvalue weighted by atomic mass is 10.1. The number of ether oxygens (including phenoxy) is 1. The SMILES string of the molecule is CC(C)c1nc([N+](=O)[O-])ccc1OC1CC1. The van der Waals surface area contributed by atoms with E-state index >= 15 is 0 Å². The third-order valence-electron chi connectivity index (χ3n) is 2.42. The van der Waals surface area contributed by atoms with Crippen LogP contribution in [0.25, 0.3) is 0 Å². The predicted octanol–water partition coefficient (Wildman–Crippen LogP) is 2.65. The Labute approximate surface area is 93.6 Å². The van der Waals surface area contributed by atoms with Gasteiger partial charge < -0.3 is 14.9 Å². The first-order valence-corrected chi connectivity index (χ1v) is 5.40. The Balaban J connectivity index is 2.31. The molecule has 0 amide bonds. The molecular weight excluding hydrogens is 208 g/mol. The van der Waals surface area contributed by atoms with E-state index in [9.17, 15) is 10.1 Å². The molecule has 1 aliphatic carbocycles. The monoisotopic (exact) mass is 222 g/mol. The Morgan fingerprint density at radius 1 is 1.50 bits per heavy atom. The lowest BCUT2D eigenvalue weighted by Gasteiger charge is -2.08. The van der Waals surface area contributed by atoms with Crippen LogP contribution < -0.4 is 4.74 Å². The van der Waals surface area contributed by atoms with Crippen LogP contribution in [0.3, 0.4) is 0 Å². The average Bonchev–Trinajstić information content (AvgIpc) is 3.01. The molecule has 86 valence electrons. The highest BCUT2D eigenvalue weighted by molar-refractivity contribution is 5.36. The van der Waals surface area contributed by atoms with Crippen molar-refractivity contribution in [2.75, 3.05) is 0 Å². The molecule has 1 aliphatic rings. The van der Waals surface area contributed by atoms with Gasteiger partial charge in [-0.25, -0.2) is 0 Å². The van der Waals surface area contributed by atoms with Crippen molar-refractivity contribution >= 4 is 5.82 Å². The second-order valence-electron chi connectivity index (χ2n) is 4.28. The van der Waals surface area contributed by atoms with E-state index in [0.29, 0.717) is 11.4 Å². The minimum Gasteiger partial charge on any atom is -0.486 e. The second kappa shape index (κ2) is 4.08. The Morgan fingerprint density at radius 3 is 2.69 bits per heavy atom. The van der Waals surface area contributed by atoms with Crippen LogP contribution in [-0.4, -0.2) is 16.0 Å². The Hall–Kier alpha value is -1.65. The fourth-order valence-corrected chi connectivity index (χ4v) is 1.43. The Kier molecular flexibility index (Phi) is 2.77. The van der Waals surface area contributed by atoms with Gasteiger partial charge in [-0.1, -0.05) is 13.8 Å². The number of nitro groups is 1. The van der Waals surface area contributed by atoms with E-state index in [0.717, 1.165) is 12.8 Å². The molecule has 1 fully saturated rings. The third-order valence-corrected chi connectivity index (χ3v) is 2.42. The zero-order valence-electron chi connectivity index (χ0n) is 9.34. The summed E-state index contributed by atoms with van der Waals surface area (Å²) in [5.41, 5.74) is 0.668. The van der Waals surface area contributed by atoms with Crippen molar-refractivity contribution in [2.24, 2.45) is 0 Å². The van der Waals surface area contributed by atoms with Crippen molar-refractivity contribution in [3.63, 3.8) is 0 Å². The van der Waals surface area contributed by atoms with E-state index < -0.39 is 4.92 Å². The first-order chi connectivity index (χ1) is 7.58. The Morgan fingerprint density at radius 2 is 2.19 bits per heavy atom. The van der Waals surface area contributed by atoms with E-state index in [1.54, 1.807) is 6.07 Å². The molecule has 0 aromatic carbocycles. The lowest BCUT2D eigenvalue weighted by Crippen LogP contribution is -2.05. The van der Waals surface area contributed by atoms with Crippen molar-refractivity contribution in [3.05, 3.63) is 27.9 Å². The van der Waals surface area contributed by atoms with Gasteiger partial charge in [0.2, 0.25) is 0 Å². The van der Waals surface area contributed by atoms with Crippen LogP contribution in [-0.2, 0) is 0 Å². The summed E-state index contributed by atoms with van der Waals surface area (Å²) in [6.07, 6.45) is 2.41. The molecule has 1 saturated carbocycles. The molecule has 0 unspecified atom stereocenters. The van der Waals surface area contributed by atoms with Gasteiger partial charge >= 0.3 is 5.82 Å². The standard InChI is InChI=1S/C11H14N2O3/c1-7(2)11-9(16-8-3-4-8)5-6-10(12-11)13(14)15/h5-8H,3-4H2,1-2H3. The number of pyridine rings is 1. The summed E-state index contributed by atoms with van der Waals surface area (Å²) < 4.78 is 5.67. The Bertz CT molecular complexity index is 414. The number of hydrogen-bond acceptors (Lipinski definition) is 4. The van der Waals surface area contributed by atoms with E-state index in [2.05, 4.69) is 4.98 Å². The minimum absolute atomic E-state index is 0.119. The number of hydrogen-bond donors (Lipinski definition) is 0. The van der Waals surface area contributed by atoms with Gasteiger partial charge in [-0.15, -0.1) is 0 Å². The van der Waals surface area contributed by atoms with Crippen LogP contribution in [0.15, 0.2) is 12.1 Å². The van der Waals surface area contributed by atoms with Crippen LogP contribution in [0.2, 0.25) is 0 Å². The number of rotatable bonds is 4. The highest BCUT2D eigenvalue weighted by Crippen LogP contribution is 2.32. The molecule has 0 bridgehead atoms. The molecule has 2 rings (SSSR count). The van der Waals surface area contributed by atoms with Gasteiger partial charge in [-0.3, -0.25) is 0 Å². The second-order valence-corrected chi connectivity index (χ2v) is 4.28. The zero-order chi connectivity index (χ0) is 11.7. The van der Waals surface area contributed by atoms with Crippen molar-refractivity contribution in [3.8, 4) is 5.75 Å². The molecule has 1 heterocycles. The molecule has 5 nitrogen and oxygen atoms in total. The summed E-state index contributed by atoms with van der Waals surface area (Å²) in [5.74, 6) is 0.684. The van der Waals surface area contributed by atoms with Gasteiger partial charge in [0, 0.05) is 12.0 Å². The van der Waals surface area contributed by atoms with E-state index in [-0.39, 0.29) is 17.8 Å². The fraction of sp³-hybridized carbons (Fsp3) is 0.545. The van der Waals surface area contributed by atoms with Gasteiger partial charge in [-0.05, 0) is 28.8 Å². The topological polar surface area (TPSA) is 65.3 Å². The molecule has 0 spiro atoms. The average molecular weight is 222 g/mol. The molecule has 0 atom stereocenters. The summed E-state index contributed by atoms with van der Waals surface area (Å²) in [5, 5.41) is 10.6. The van der Waals surface area contributed by atoms with Gasteiger partial charge in [0.15, 0.2) is 11.4 Å². The minimum atomic E-state index is -0.479. The summed E-state index contributed by atoms with van der Waals surface area (Å²) >= 11 is 0. The largest absolute Gasteiger partial charge is 0.486 e. The van der Waals surface area contributed by atoms with Crippen molar-refractivity contribution in [1.29, 1.82) is 0 Å². The maximum absolute atomic E-state index is 10.6. The summed E-state index contributed by atoms with van der Waals surface area (Å²) in [4.78, 5) is 14.2. The molecule has 0 radical (unpaired) electrons. The van der Waals surface area contributed by atoms with Crippen LogP contribution in [0.1, 0.15) is 38.3 Å². The molecule has 1 aromatic heterocycles. The zero-order valence-corrected chi connectivity index (χ0v) is 9.34. The maximum Gasteiger partial charge on any atom is 0.363 e. The number of nitrogens with zero attached hydrogens (tertiary/aromatic N) is 2. The van der Waals surface area contributed by atoms with Crippen molar-refractivity contribution in [2.45, 2.75) is 38.7 Å². The molecular formula is C11H14N2O3. The maximum atomic E-state index is 10.6. The van der Waals surface area contributed by atoms with Crippen LogP contribution in [0, 0.1) is 10.1 Å². The highest BCUT2D eigenvalue weighted by Gasteiger charge is 2.27. The van der Waals surface area contributed by atoms with Crippen LogP contribution in [0.5, 0.6) is 5.75 Å². The quantitative estimate of drug-likeness (QED) is 0.580. The van der Waals surface area contributed by atoms with Gasteiger partial charge in [-0.2, -0.15) is 0 Å². The molecule has 5 heteroatoms. The molecule has 0 N–H and O–H groups in total. The van der Waals surface area contributed by atoms with E-state index in [1.807, 2.05) is 13.8 Å². The molecule has 0 saturated heterocycles.